The van der Waals surface area contributed by atoms with Gasteiger partial charge in [-0.15, -0.1) is 0 Å². The van der Waals surface area contributed by atoms with Crippen LogP contribution in [0.1, 0.15) is 88.5 Å². The van der Waals surface area contributed by atoms with E-state index in [4.69, 9.17) is 9.72 Å². The number of pyridine rings is 1. The van der Waals surface area contributed by atoms with Crippen LogP contribution in [0.25, 0.3) is 21.9 Å². The Bertz CT molecular complexity index is 1350. The molecule has 208 valence electrons. The van der Waals surface area contributed by atoms with Crippen molar-refractivity contribution >= 4 is 22.6 Å². The van der Waals surface area contributed by atoms with Crippen LogP contribution in [0.3, 0.4) is 0 Å². The van der Waals surface area contributed by atoms with Gasteiger partial charge in [0.1, 0.15) is 11.4 Å². The van der Waals surface area contributed by atoms with Gasteiger partial charge in [0.05, 0.1) is 19.2 Å². The summed E-state index contributed by atoms with van der Waals surface area (Å²) in [5, 5.41) is 15.5. The molecule has 0 aliphatic heterocycles. The van der Waals surface area contributed by atoms with Gasteiger partial charge >= 0.3 is 5.97 Å². The SMILES string of the molecule is COC(=O)CC(C)(C)CNC(=O)c1cc2c(O)ccc(-c3ccc(C(C)(C)C)cc3)c2c(CC2CCCC2)n1. The summed E-state index contributed by atoms with van der Waals surface area (Å²) in [6.45, 7) is 10.7. The number of nitrogens with zero attached hydrogens (tertiary/aromatic N) is 1. The van der Waals surface area contributed by atoms with Crippen molar-refractivity contribution in [2.24, 2.45) is 11.3 Å². The van der Waals surface area contributed by atoms with Crippen LogP contribution in [0.5, 0.6) is 5.75 Å². The zero-order chi connectivity index (χ0) is 28.4. The van der Waals surface area contributed by atoms with Crippen molar-refractivity contribution in [3.63, 3.8) is 0 Å². The Labute approximate surface area is 232 Å². The van der Waals surface area contributed by atoms with Crippen molar-refractivity contribution in [3.8, 4) is 16.9 Å². The maximum absolute atomic E-state index is 13.3. The summed E-state index contributed by atoms with van der Waals surface area (Å²) in [6.07, 6.45) is 5.68. The molecule has 0 unspecified atom stereocenters. The number of methoxy groups -OCH3 is 1. The first-order chi connectivity index (χ1) is 18.4. The molecule has 1 aromatic heterocycles. The van der Waals surface area contributed by atoms with Crippen molar-refractivity contribution in [2.45, 2.75) is 78.6 Å². The van der Waals surface area contributed by atoms with Gasteiger partial charge in [-0.25, -0.2) is 4.98 Å². The number of fused-ring (bicyclic) bond motifs is 1. The number of benzene rings is 2. The van der Waals surface area contributed by atoms with E-state index in [0.29, 0.717) is 17.8 Å². The van der Waals surface area contributed by atoms with Crippen molar-refractivity contribution in [1.82, 2.24) is 10.3 Å². The van der Waals surface area contributed by atoms with Gasteiger partial charge in [0.25, 0.3) is 5.91 Å². The number of esters is 1. The van der Waals surface area contributed by atoms with Crippen molar-refractivity contribution < 1.29 is 19.4 Å². The second-order valence-electron chi connectivity index (χ2n) is 12.8. The Morgan fingerprint density at radius 1 is 1.03 bits per heavy atom. The average Bonchev–Trinajstić information content (AvgIpc) is 3.40. The van der Waals surface area contributed by atoms with Gasteiger partial charge in [0.15, 0.2) is 0 Å². The van der Waals surface area contributed by atoms with E-state index >= 15 is 0 Å². The van der Waals surface area contributed by atoms with Gasteiger partial charge in [-0.3, -0.25) is 9.59 Å². The third-order valence-electron chi connectivity index (χ3n) is 7.88. The molecule has 0 bridgehead atoms. The summed E-state index contributed by atoms with van der Waals surface area (Å²) in [7, 11) is 1.36. The topological polar surface area (TPSA) is 88.5 Å². The molecule has 1 saturated carbocycles. The van der Waals surface area contributed by atoms with E-state index in [1.165, 1.54) is 25.5 Å². The van der Waals surface area contributed by atoms with Crippen LogP contribution < -0.4 is 5.32 Å². The van der Waals surface area contributed by atoms with E-state index in [9.17, 15) is 14.7 Å². The largest absolute Gasteiger partial charge is 0.507 e. The van der Waals surface area contributed by atoms with E-state index in [1.54, 1.807) is 12.1 Å². The number of phenolic OH excluding ortho intramolecular Hbond substituents is 1. The number of hydrogen-bond donors (Lipinski definition) is 2. The monoisotopic (exact) mass is 530 g/mol. The van der Waals surface area contributed by atoms with E-state index in [-0.39, 0.29) is 35.2 Å². The molecular formula is C33H42N2O4. The highest BCUT2D eigenvalue weighted by Gasteiger charge is 2.26. The molecule has 4 rings (SSSR count). The molecule has 0 radical (unpaired) electrons. The Hall–Kier alpha value is -3.41. The summed E-state index contributed by atoms with van der Waals surface area (Å²) in [4.78, 5) is 30.0. The Kier molecular flexibility index (Phi) is 8.34. The lowest BCUT2D eigenvalue weighted by molar-refractivity contribution is -0.142. The van der Waals surface area contributed by atoms with E-state index < -0.39 is 5.41 Å². The predicted octanol–water partition coefficient (Wildman–Crippen LogP) is 6.96. The number of amides is 1. The molecule has 6 heteroatoms. The van der Waals surface area contributed by atoms with Gasteiger partial charge in [0.2, 0.25) is 0 Å². The fourth-order valence-electron chi connectivity index (χ4n) is 5.51. The fraction of sp³-hybridized carbons (Fsp3) is 0.485. The van der Waals surface area contributed by atoms with E-state index in [2.05, 4.69) is 50.4 Å². The van der Waals surface area contributed by atoms with Gasteiger partial charge in [-0.2, -0.15) is 0 Å². The van der Waals surface area contributed by atoms with Crippen LogP contribution in [-0.4, -0.2) is 35.6 Å². The molecule has 1 aliphatic rings. The number of hydrogen-bond acceptors (Lipinski definition) is 5. The first kappa shape index (κ1) is 28.6. The molecule has 6 nitrogen and oxygen atoms in total. The van der Waals surface area contributed by atoms with Crippen LogP contribution in [0.15, 0.2) is 42.5 Å². The van der Waals surface area contributed by atoms with Crippen molar-refractivity contribution in [1.29, 1.82) is 0 Å². The smallest absolute Gasteiger partial charge is 0.306 e. The van der Waals surface area contributed by atoms with Gasteiger partial charge in [0, 0.05) is 17.3 Å². The highest BCUT2D eigenvalue weighted by Crippen LogP contribution is 2.39. The molecule has 1 aliphatic carbocycles. The minimum atomic E-state index is -0.471. The molecule has 1 amide bonds. The minimum absolute atomic E-state index is 0.0540. The number of phenols is 1. The zero-order valence-corrected chi connectivity index (χ0v) is 24.2. The molecule has 0 saturated heterocycles. The highest BCUT2D eigenvalue weighted by molar-refractivity contribution is 6.05. The van der Waals surface area contributed by atoms with Crippen LogP contribution in [0.2, 0.25) is 0 Å². The molecule has 2 N–H and O–H groups in total. The maximum Gasteiger partial charge on any atom is 0.306 e. The summed E-state index contributed by atoms with van der Waals surface area (Å²) >= 11 is 0. The number of nitrogens with one attached hydrogen (secondary N) is 1. The third-order valence-corrected chi connectivity index (χ3v) is 7.88. The highest BCUT2D eigenvalue weighted by atomic mass is 16.5. The number of carbonyl (C=O) groups excluding carboxylic acids is 2. The number of carbonyl (C=O) groups is 2. The lowest BCUT2D eigenvalue weighted by Gasteiger charge is -2.23. The molecule has 3 aromatic rings. The number of rotatable bonds is 8. The van der Waals surface area contributed by atoms with Gasteiger partial charge < -0.3 is 15.2 Å². The average molecular weight is 531 g/mol. The predicted molar refractivity (Wildman–Crippen MR) is 156 cm³/mol. The first-order valence-electron chi connectivity index (χ1n) is 14.0. The Morgan fingerprint density at radius 2 is 1.69 bits per heavy atom. The number of ether oxygens (including phenoxy) is 1. The van der Waals surface area contributed by atoms with Crippen molar-refractivity contribution in [3.05, 3.63) is 59.4 Å². The molecule has 39 heavy (non-hydrogen) atoms. The molecule has 2 aromatic carbocycles. The normalized spacial score (nSPS) is 14.5. The Morgan fingerprint density at radius 3 is 2.31 bits per heavy atom. The van der Waals surface area contributed by atoms with Gasteiger partial charge in [-0.05, 0) is 58.1 Å². The molecule has 0 atom stereocenters. The van der Waals surface area contributed by atoms with Crippen LogP contribution in [0, 0.1) is 11.3 Å². The van der Waals surface area contributed by atoms with E-state index in [0.717, 1.165) is 41.5 Å². The summed E-state index contributed by atoms with van der Waals surface area (Å²) in [5.74, 6) is 0.0124. The standard InChI is InChI=1S/C33H42N2O4/c1-32(2,3)23-13-11-22(12-14-23)24-15-16-28(36)25-18-27(31(38)34-20-33(4,5)19-29(37)39-6)35-26(30(24)25)17-21-9-7-8-10-21/h11-16,18,21,36H,7-10,17,19-20H2,1-6H3,(H,34,38). The molecule has 0 spiro atoms. The number of aromatic nitrogens is 1. The van der Waals surface area contributed by atoms with Crippen molar-refractivity contribution in [2.75, 3.05) is 13.7 Å². The maximum atomic E-state index is 13.3. The molecule has 1 fully saturated rings. The Balaban J connectivity index is 1.75. The minimum Gasteiger partial charge on any atom is -0.507 e. The van der Waals surface area contributed by atoms with Crippen LogP contribution >= 0.6 is 0 Å². The molecular weight excluding hydrogens is 488 g/mol. The summed E-state index contributed by atoms with van der Waals surface area (Å²) in [5.41, 5.74) is 4.04. The fourth-order valence-corrected chi connectivity index (χ4v) is 5.51. The second-order valence-corrected chi connectivity index (χ2v) is 12.8. The van der Waals surface area contributed by atoms with E-state index in [1.807, 2.05) is 19.9 Å². The summed E-state index contributed by atoms with van der Waals surface area (Å²) in [6, 6.07) is 13.9. The number of aromatic hydroxyl groups is 1. The second kappa shape index (κ2) is 11.4. The van der Waals surface area contributed by atoms with Crippen LogP contribution in [-0.2, 0) is 21.4 Å². The molecule has 1 heterocycles. The first-order valence-corrected chi connectivity index (χ1v) is 14.0. The zero-order valence-electron chi connectivity index (χ0n) is 24.2. The van der Waals surface area contributed by atoms with Gasteiger partial charge in [-0.1, -0.05) is 84.6 Å². The van der Waals surface area contributed by atoms with Crippen LogP contribution in [0.4, 0.5) is 0 Å². The third kappa shape index (κ3) is 6.78. The lowest BCUT2D eigenvalue weighted by atomic mass is 9.85. The summed E-state index contributed by atoms with van der Waals surface area (Å²) < 4.78 is 4.80. The lowest BCUT2D eigenvalue weighted by Crippen LogP contribution is -2.36. The quantitative estimate of drug-likeness (QED) is 0.308.